The topological polar surface area (TPSA) is 103 Å². The molecule has 0 bridgehead atoms. The van der Waals surface area contributed by atoms with Crippen LogP contribution in [0.5, 0.6) is 5.88 Å². The van der Waals surface area contributed by atoms with Gasteiger partial charge in [0.05, 0.1) is 24.2 Å². The summed E-state index contributed by atoms with van der Waals surface area (Å²) in [5, 5.41) is 15.5. The van der Waals surface area contributed by atoms with Gasteiger partial charge in [0.2, 0.25) is 11.2 Å². The highest BCUT2D eigenvalue weighted by Crippen LogP contribution is 2.25. The third-order valence-corrected chi connectivity index (χ3v) is 4.40. The van der Waals surface area contributed by atoms with Gasteiger partial charge in [-0.15, -0.1) is 0 Å². The molecule has 2 unspecified atom stereocenters. The van der Waals surface area contributed by atoms with Crippen molar-refractivity contribution in [3.63, 3.8) is 0 Å². The van der Waals surface area contributed by atoms with Gasteiger partial charge in [-0.1, -0.05) is 0 Å². The van der Waals surface area contributed by atoms with E-state index in [9.17, 15) is 4.79 Å². The lowest BCUT2D eigenvalue weighted by atomic mass is 10.1. The zero-order valence-corrected chi connectivity index (χ0v) is 14.1. The summed E-state index contributed by atoms with van der Waals surface area (Å²) in [4.78, 5) is 22.5. The van der Waals surface area contributed by atoms with Gasteiger partial charge >= 0.3 is 6.09 Å². The zero-order valence-electron chi connectivity index (χ0n) is 13.4. The van der Waals surface area contributed by atoms with Gasteiger partial charge in [-0.2, -0.15) is 10.2 Å². The number of amides is 1. The van der Waals surface area contributed by atoms with E-state index >= 15 is 0 Å². The van der Waals surface area contributed by atoms with E-state index in [1.807, 2.05) is 6.92 Å². The summed E-state index contributed by atoms with van der Waals surface area (Å²) in [5.41, 5.74) is 1.57. The van der Waals surface area contributed by atoms with Crippen LogP contribution in [0.2, 0.25) is 5.28 Å². The molecule has 0 radical (unpaired) electrons. The first-order chi connectivity index (χ1) is 11.6. The van der Waals surface area contributed by atoms with Gasteiger partial charge in [0, 0.05) is 31.2 Å². The van der Waals surface area contributed by atoms with Gasteiger partial charge in [-0.3, -0.25) is 0 Å². The van der Waals surface area contributed by atoms with Gasteiger partial charge in [-0.25, -0.2) is 9.78 Å². The second-order valence-corrected chi connectivity index (χ2v) is 6.33. The Balaban J connectivity index is 1.81. The van der Waals surface area contributed by atoms with Gasteiger partial charge in [-0.05, 0) is 31.5 Å². The van der Waals surface area contributed by atoms with E-state index in [2.05, 4.69) is 26.7 Å². The highest BCUT2D eigenvalue weighted by atomic mass is 35.5. The Morgan fingerprint density at radius 1 is 1.54 bits per heavy atom. The number of piperazine rings is 1. The number of carbonyl (C=O) groups is 1. The molecule has 2 atom stereocenters. The third-order valence-electron chi connectivity index (χ3n) is 4.23. The van der Waals surface area contributed by atoms with Crippen molar-refractivity contribution in [2.75, 3.05) is 19.6 Å². The maximum Gasteiger partial charge on any atom is 0.416 e. The van der Waals surface area contributed by atoms with Gasteiger partial charge in [0.15, 0.2) is 0 Å². The van der Waals surface area contributed by atoms with Crippen LogP contribution in [0.15, 0.2) is 0 Å². The molecule has 2 aliphatic heterocycles. The van der Waals surface area contributed by atoms with Crippen LogP contribution in [0.1, 0.15) is 24.6 Å². The van der Waals surface area contributed by atoms with Gasteiger partial charge < -0.3 is 20.3 Å². The first kappa shape index (κ1) is 16.9. The molecular weight excluding hydrogens is 332 g/mol. The number of halogens is 1. The van der Waals surface area contributed by atoms with Crippen molar-refractivity contribution in [1.29, 1.82) is 5.26 Å². The summed E-state index contributed by atoms with van der Waals surface area (Å²) >= 11 is 5.94. The summed E-state index contributed by atoms with van der Waals surface area (Å²) < 4.78 is 5.54. The Kier molecular flexibility index (Phi) is 5.14. The highest BCUT2D eigenvalue weighted by molar-refractivity contribution is 6.28. The molecule has 1 amide bonds. The summed E-state index contributed by atoms with van der Waals surface area (Å²) in [6, 6.07) is 2.04. The maximum absolute atomic E-state index is 12.6. The van der Waals surface area contributed by atoms with Gasteiger partial charge in [0.25, 0.3) is 0 Å². The number of rotatable bonds is 2. The zero-order chi connectivity index (χ0) is 17.1. The van der Waals surface area contributed by atoms with E-state index in [1.54, 1.807) is 4.90 Å². The van der Waals surface area contributed by atoms with Crippen LogP contribution in [-0.2, 0) is 13.0 Å². The SMILES string of the molecule is CC1CN(C(=O)Oc2nc(Cl)nc3c2CCNC3)C(CC#N)CN1. The number of nitriles is 1. The first-order valence-electron chi connectivity index (χ1n) is 7.93. The second kappa shape index (κ2) is 7.30. The van der Waals surface area contributed by atoms with E-state index in [1.165, 1.54) is 0 Å². The highest BCUT2D eigenvalue weighted by Gasteiger charge is 2.32. The predicted octanol–water partition coefficient (Wildman–Crippen LogP) is 0.850. The quantitative estimate of drug-likeness (QED) is 0.762. The van der Waals surface area contributed by atoms with Crippen molar-refractivity contribution in [3.8, 4) is 11.9 Å². The standard InChI is InChI=1S/C15H19ClN6O2/c1-9-8-22(10(2-4-17)6-19-9)15(23)24-13-11-3-5-18-7-12(11)20-14(16)21-13/h9-10,18-19H,2-3,5-8H2,1H3. The normalized spacial score (nSPS) is 23.3. The van der Waals surface area contributed by atoms with Crippen molar-refractivity contribution in [2.24, 2.45) is 0 Å². The number of hydrogen-bond acceptors (Lipinski definition) is 7. The summed E-state index contributed by atoms with van der Waals surface area (Å²) in [6.07, 6.45) is 0.426. The molecule has 3 rings (SSSR count). The molecule has 0 saturated carbocycles. The number of nitrogens with zero attached hydrogens (tertiary/aromatic N) is 4. The van der Waals surface area contributed by atoms with Crippen LogP contribution in [0, 0.1) is 11.3 Å². The van der Waals surface area contributed by atoms with E-state index in [-0.39, 0.29) is 29.7 Å². The first-order valence-corrected chi connectivity index (χ1v) is 8.31. The lowest BCUT2D eigenvalue weighted by Crippen LogP contribution is -2.58. The monoisotopic (exact) mass is 350 g/mol. The van der Waals surface area contributed by atoms with Crippen LogP contribution in [0.25, 0.3) is 0 Å². The largest absolute Gasteiger partial charge is 0.416 e. The molecule has 128 valence electrons. The number of hydrogen-bond donors (Lipinski definition) is 2. The fraction of sp³-hybridized carbons (Fsp3) is 0.600. The third kappa shape index (κ3) is 3.59. The number of ether oxygens (including phenoxy) is 1. The molecule has 9 heteroatoms. The van der Waals surface area contributed by atoms with E-state index in [0.29, 0.717) is 26.1 Å². The molecule has 0 aliphatic carbocycles. The summed E-state index contributed by atoms with van der Waals surface area (Å²) in [5.74, 6) is 0.221. The number of fused-ring (bicyclic) bond motifs is 1. The minimum absolute atomic E-state index is 0.0579. The molecule has 24 heavy (non-hydrogen) atoms. The van der Waals surface area contributed by atoms with Crippen molar-refractivity contribution in [2.45, 2.75) is 38.4 Å². The molecule has 0 aromatic carbocycles. The molecule has 0 spiro atoms. The molecule has 1 saturated heterocycles. The van der Waals surface area contributed by atoms with Crippen LogP contribution >= 0.6 is 11.6 Å². The van der Waals surface area contributed by atoms with Crippen LogP contribution in [0.4, 0.5) is 4.79 Å². The van der Waals surface area contributed by atoms with Crippen molar-refractivity contribution < 1.29 is 9.53 Å². The minimum Gasteiger partial charge on any atom is -0.391 e. The Morgan fingerprint density at radius 2 is 2.38 bits per heavy atom. The summed E-state index contributed by atoms with van der Waals surface area (Å²) in [6.45, 7) is 4.37. The van der Waals surface area contributed by atoms with Crippen LogP contribution < -0.4 is 15.4 Å². The number of carbonyl (C=O) groups excluding carboxylic acids is 1. The molecule has 1 aromatic rings. The maximum atomic E-state index is 12.6. The average molecular weight is 351 g/mol. The van der Waals surface area contributed by atoms with E-state index < -0.39 is 6.09 Å². The Labute approximate surface area is 145 Å². The fourth-order valence-corrected chi connectivity index (χ4v) is 3.17. The molecule has 1 fully saturated rings. The average Bonchev–Trinajstić information content (AvgIpc) is 2.56. The molecule has 1 aromatic heterocycles. The molecular formula is C15H19ClN6O2. The van der Waals surface area contributed by atoms with Crippen molar-refractivity contribution in [3.05, 3.63) is 16.5 Å². The molecule has 3 heterocycles. The lowest BCUT2D eigenvalue weighted by Gasteiger charge is -2.37. The van der Waals surface area contributed by atoms with E-state index in [4.69, 9.17) is 21.6 Å². The van der Waals surface area contributed by atoms with Crippen LogP contribution in [0.3, 0.4) is 0 Å². The van der Waals surface area contributed by atoms with Crippen molar-refractivity contribution in [1.82, 2.24) is 25.5 Å². The molecule has 2 aliphatic rings. The molecule has 2 N–H and O–H groups in total. The van der Waals surface area contributed by atoms with Gasteiger partial charge in [0.1, 0.15) is 0 Å². The molecule has 8 nitrogen and oxygen atoms in total. The number of nitrogens with one attached hydrogen (secondary N) is 2. The summed E-state index contributed by atoms with van der Waals surface area (Å²) in [7, 11) is 0. The lowest BCUT2D eigenvalue weighted by molar-refractivity contribution is 0.106. The van der Waals surface area contributed by atoms with Crippen molar-refractivity contribution >= 4 is 17.7 Å². The van der Waals surface area contributed by atoms with E-state index in [0.717, 1.165) is 17.8 Å². The smallest absolute Gasteiger partial charge is 0.391 e. The second-order valence-electron chi connectivity index (χ2n) is 6.00. The number of aromatic nitrogens is 2. The Morgan fingerprint density at radius 3 is 3.17 bits per heavy atom. The minimum atomic E-state index is -0.501. The fourth-order valence-electron chi connectivity index (χ4n) is 2.99. The predicted molar refractivity (Wildman–Crippen MR) is 86.7 cm³/mol. The Hall–Kier alpha value is -1.95. The Bertz CT molecular complexity index is 677. The van der Waals surface area contributed by atoms with Crippen LogP contribution in [-0.4, -0.2) is 52.7 Å².